The van der Waals surface area contributed by atoms with Crippen molar-refractivity contribution in [1.29, 1.82) is 0 Å². The predicted octanol–water partition coefficient (Wildman–Crippen LogP) is 2.97. The molecule has 3 heteroatoms. The summed E-state index contributed by atoms with van der Waals surface area (Å²) in [5.41, 5.74) is 3.69. The Morgan fingerprint density at radius 1 is 1.17 bits per heavy atom. The summed E-state index contributed by atoms with van der Waals surface area (Å²) >= 11 is 0. The minimum absolute atomic E-state index is 0.755. The highest BCUT2D eigenvalue weighted by atomic mass is 14.9. The van der Waals surface area contributed by atoms with Gasteiger partial charge in [-0.2, -0.15) is 0 Å². The quantitative estimate of drug-likeness (QED) is 0.735. The van der Waals surface area contributed by atoms with Gasteiger partial charge in [0.15, 0.2) is 0 Å². The van der Waals surface area contributed by atoms with Crippen LogP contribution in [0.15, 0.2) is 36.7 Å². The Labute approximate surface area is 105 Å². The zero-order chi connectivity index (χ0) is 11.9. The summed E-state index contributed by atoms with van der Waals surface area (Å²) in [5, 5.41) is 6.03. The molecule has 18 heavy (non-hydrogen) atoms. The number of aromatic amines is 1. The summed E-state index contributed by atoms with van der Waals surface area (Å²) < 4.78 is 0. The summed E-state index contributed by atoms with van der Waals surface area (Å²) in [6, 6.07) is 9.41. The molecule has 0 radical (unpaired) electrons. The molecule has 0 spiro atoms. The van der Waals surface area contributed by atoms with Crippen molar-refractivity contribution in [3.8, 4) is 0 Å². The second kappa shape index (κ2) is 3.82. The highest BCUT2D eigenvalue weighted by Gasteiger charge is 2.19. The Balaban J connectivity index is 1.79. The van der Waals surface area contributed by atoms with Crippen molar-refractivity contribution in [1.82, 2.24) is 15.3 Å². The molecule has 1 fully saturated rings. The first-order valence-corrected chi connectivity index (χ1v) is 6.48. The number of benzene rings is 1. The largest absolute Gasteiger partial charge is 0.354 e. The first-order valence-electron chi connectivity index (χ1n) is 6.48. The van der Waals surface area contributed by atoms with Gasteiger partial charge in [-0.05, 0) is 36.6 Å². The van der Waals surface area contributed by atoms with Crippen LogP contribution >= 0.6 is 0 Å². The molecule has 4 rings (SSSR count). The summed E-state index contributed by atoms with van der Waals surface area (Å²) in [6.45, 7) is 0.966. The van der Waals surface area contributed by atoms with Crippen LogP contribution in [0.3, 0.4) is 0 Å². The fourth-order valence-electron chi connectivity index (χ4n) is 2.45. The van der Waals surface area contributed by atoms with E-state index in [0.717, 1.165) is 18.1 Å². The average Bonchev–Trinajstić information content (AvgIpc) is 3.16. The van der Waals surface area contributed by atoms with Gasteiger partial charge < -0.3 is 10.3 Å². The number of H-pyrrole nitrogens is 1. The van der Waals surface area contributed by atoms with Crippen molar-refractivity contribution in [2.24, 2.45) is 0 Å². The molecule has 1 saturated carbocycles. The average molecular weight is 237 g/mol. The molecule has 2 N–H and O–H groups in total. The third-order valence-electron chi connectivity index (χ3n) is 3.64. The Morgan fingerprint density at radius 3 is 2.94 bits per heavy atom. The molecule has 0 bridgehead atoms. The van der Waals surface area contributed by atoms with Crippen molar-refractivity contribution >= 4 is 21.8 Å². The van der Waals surface area contributed by atoms with E-state index in [1.807, 2.05) is 18.5 Å². The monoisotopic (exact) mass is 237 g/mol. The van der Waals surface area contributed by atoms with Gasteiger partial charge in [0.2, 0.25) is 0 Å². The Bertz CT molecular complexity index is 710. The number of pyridine rings is 1. The predicted molar refractivity (Wildman–Crippen MR) is 73.5 cm³/mol. The smallest absolute Gasteiger partial charge is 0.0495 e. The third-order valence-corrected chi connectivity index (χ3v) is 3.64. The maximum atomic E-state index is 4.21. The fraction of sp³-hybridized carbons (Fsp3) is 0.267. The van der Waals surface area contributed by atoms with Crippen molar-refractivity contribution in [2.75, 3.05) is 0 Å². The van der Waals surface area contributed by atoms with Gasteiger partial charge in [-0.15, -0.1) is 0 Å². The molecule has 2 aromatic heterocycles. The van der Waals surface area contributed by atoms with Crippen LogP contribution in [0.25, 0.3) is 21.8 Å². The van der Waals surface area contributed by atoms with Crippen molar-refractivity contribution in [2.45, 2.75) is 25.4 Å². The van der Waals surface area contributed by atoms with Crippen LogP contribution in [-0.2, 0) is 6.54 Å². The molecule has 2 heterocycles. The number of nitrogens with one attached hydrogen (secondary N) is 2. The van der Waals surface area contributed by atoms with E-state index in [1.54, 1.807) is 0 Å². The molecule has 0 atom stereocenters. The molecular weight excluding hydrogens is 222 g/mol. The molecule has 1 aromatic carbocycles. The first-order chi connectivity index (χ1) is 8.90. The first kappa shape index (κ1) is 10.1. The number of hydrogen-bond acceptors (Lipinski definition) is 2. The van der Waals surface area contributed by atoms with Gasteiger partial charge in [-0.3, -0.25) is 4.98 Å². The highest BCUT2D eigenvalue weighted by Crippen LogP contribution is 2.26. The van der Waals surface area contributed by atoms with Crippen LogP contribution in [0.4, 0.5) is 0 Å². The fourth-order valence-corrected chi connectivity index (χ4v) is 2.45. The number of nitrogens with zero attached hydrogens (tertiary/aromatic N) is 1. The summed E-state index contributed by atoms with van der Waals surface area (Å²) in [4.78, 5) is 7.64. The van der Waals surface area contributed by atoms with E-state index in [0.29, 0.717) is 0 Å². The molecule has 0 unspecified atom stereocenters. The van der Waals surface area contributed by atoms with E-state index in [2.05, 4.69) is 33.5 Å². The third kappa shape index (κ3) is 1.68. The van der Waals surface area contributed by atoms with Crippen LogP contribution in [0.2, 0.25) is 0 Å². The summed E-state index contributed by atoms with van der Waals surface area (Å²) in [7, 11) is 0. The van der Waals surface area contributed by atoms with E-state index < -0.39 is 0 Å². The molecule has 0 saturated heterocycles. The number of hydrogen-bond donors (Lipinski definition) is 2. The van der Waals surface area contributed by atoms with E-state index in [9.17, 15) is 0 Å². The Morgan fingerprint density at radius 2 is 2.06 bits per heavy atom. The van der Waals surface area contributed by atoms with Gasteiger partial charge in [0.1, 0.15) is 0 Å². The zero-order valence-corrected chi connectivity index (χ0v) is 10.1. The highest BCUT2D eigenvalue weighted by molar-refractivity contribution is 6.06. The second-order valence-electron chi connectivity index (χ2n) is 5.08. The molecule has 0 amide bonds. The molecule has 3 nitrogen and oxygen atoms in total. The lowest BCUT2D eigenvalue weighted by Crippen LogP contribution is -2.14. The minimum atomic E-state index is 0.755. The maximum Gasteiger partial charge on any atom is 0.0495 e. The van der Waals surface area contributed by atoms with Crippen LogP contribution in [0, 0.1) is 0 Å². The Hall–Kier alpha value is -1.87. The lowest BCUT2D eigenvalue weighted by atomic mass is 10.1. The van der Waals surface area contributed by atoms with Crippen LogP contribution < -0.4 is 5.32 Å². The summed E-state index contributed by atoms with van der Waals surface area (Å²) in [6.07, 6.45) is 6.43. The van der Waals surface area contributed by atoms with E-state index in [4.69, 9.17) is 0 Å². The Kier molecular flexibility index (Phi) is 2.14. The molecule has 1 aliphatic rings. The van der Waals surface area contributed by atoms with E-state index in [-0.39, 0.29) is 0 Å². The van der Waals surface area contributed by atoms with Gasteiger partial charge in [0.05, 0.1) is 0 Å². The van der Waals surface area contributed by atoms with E-state index >= 15 is 0 Å². The van der Waals surface area contributed by atoms with Gasteiger partial charge in [-0.25, -0.2) is 0 Å². The number of fused-ring (bicyclic) bond motifs is 3. The number of aromatic nitrogens is 2. The lowest BCUT2D eigenvalue weighted by Gasteiger charge is -2.03. The van der Waals surface area contributed by atoms with Gasteiger partial charge >= 0.3 is 0 Å². The normalized spacial score (nSPS) is 15.6. The second-order valence-corrected chi connectivity index (χ2v) is 5.08. The van der Waals surface area contributed by atoms with Crippen LogP contribution in [0.5, 0.6) is 0 Å². The molecule has 1 aliphatic carbocycles. The van der Waals surface area contributed by atoms with Gasteiger partial charge in [0.25, 0.3) is 0 Å². The molecular formula is C15H15N3. The van der Waals surface area contributed by atoms with Gasteiger partial charge in [-0.1, -0.05) is 6.07 Å². The van der Waals surface area contributed by atoms with Crippen molar-refractivity contribution in [3.05, 3.63) is 42.2 Å². The van der Waals surface area contributed by atoms with Crippen LogP contribution in [0.1, 0.15) is 18.4 Å². The standard InChI is InChI=1S/C15H15N3/c1-4-14-12(7-10(1)8-17-11-2-3-11)13-9-16-6-5-15(13)18-14/h1,4-7,9,11,17-18H,2-3,8H2. The molecule has 0 aliphatic heterocycles. The topological polar surface area (TPSA) is 40.7 Å². The summed E-state index contributed by atoms with van der Waals surface area (Å²) in [5.74, 6) is 0. The molecule has 90 valence electrons. The molecule has 3 aromatic rings. The lowest BCUT2D eigenvalue weighted by molar-refractivity contribution is 0.688. The van der Waals surface area contributed by atoms with Crippen LogP contribution in [-0.4, -0.2) is 16.0 Å². The maximum absolute atomic E-state index is 4.21. The SMILES string of the molecule is c1cc2[nH]c3ccc(CNC4CC4)cc3c2cn1. The van der Waals surface area contributed by atoms with E-state index in [1.165, 1.54) is 34.7 Å². The van der Waals surface area contributed by atoms with Gasteiger partial charge in [0, 0.05) is 46.8 Å². The minimum Gasteiger partial charge on any atom is -0.354 e. The van der Waals surface area contributed by atoms with Crippen molar-refractivity contribution in [3.63, 3.8) is 0 Å². The van der Waals surface area contributed by atoms with Crippen molar-refractivity contribution < 1.29 is 0 Å². The number of rotatable bonds is 3. The zero-order valence-electron chi connectivity index (χ0n) is 10.1.